The van der Waals surface area contributed by atoms with Gasteiger partial charge in [0.15, 0.2) is 17.2 Å². The maximum Gasteiger partial charge on any atom is 0.326 e. The van der Waals surface area contributed by atoms with Crippen molar-refractivity contribution in [1.82, 2.24) is 14.8 Å². The van der Waals surface area contributed by atoms with E-state index in [0.29, 0.717) is 12.1 Å². The van der Waals surface area contributed by atoms with Gasteiger partial charge in [0.1, 0.15) is 29.5 Å². The molecular formula is C21H15ClF6N4O3S. The maximum absolute atomic E-state index is 15.2. The number of amides is 2. The van der Waals surface area contributed by atoms with Crippen LogP contribution in [0.1, 0.15) is 6.92 Å². The summed E-state index contributed by atoms with van der Waals surface area (Å²) < 4.78 is 107. The third-order valence-electron chi connectivity index (χ3n) is 6.18. The van der Waals surface area contributed by atoms with Crippen LogP contribution in [0, 0.1) is 23.3 Å². The molecule has 2 aromatic carbocycles. The molecule has 3 atom stereocenters. The molecule has 2 aliphatic heterocycles. The number of benzene rings is 2. The second-order valence-corrected chi connectivity index (χ2v) is 10.1. The van der Waals surface area contributed by atoms with Crippen LogP contribution < -0.4 is 9.62 Å². The van der Waals surface area contributed by atoms with Crippen molar-refractivity contribution in [3.8, 4) is 11.1 Å². The van der Waals surface area contributed by atoms with Crippen molar-refractivity contribution in [2.75, 3.05) is 23.7 Å². The Kier molecular flexibility index (Phi) is 5.95. The van der Waals surface area contributed by atoms with E-state index in [-0.39, 0.29) is 11.3 Å². The highest BCUT2D eigenvalue weighted by Gasteiger charge is 2.63. The molecule has 0 bridgehead atoms. The molecule has 2 saturated heterocycles. The van der Waals surface area contributed by atoms with E-state index in [0.717, 1.165) is 15.9 Å². The van der Waals surface area contributed by atoms with Crippen LogP contribution >= 0.6 is 11.6 Å². The molecule has 2 amide bonds. The molecule has 36 heavy (non-hydrogen) atoms. The van der Waals surface area contributed by atoms with Crippen LogP contribution in [0.15, 0.2) is 22.7 Å². The highest BCUT2D eigenvalue weighted by Crippen LogP contribution is 2.46. The molecule has 1 unspecified atom stereocenters. The van der Waals surface area contributed by atoms with Crippen LogP contribution in [0.25, 0.3) is 22.1 Å². The molecule has 0 spiro atoms. The van der Waals surface area contributed by atoms with E-state index >= 15 is 13.2 Å². The summed E-state index contributed by atoms with van der Waals surface area (Å²) in [7, 11) is -1.74. The summed E-state index contributed by atoms with van der Waals surface area (Å²) >= 11 is 5.86. The summed E-state index contributed by atoms with van der Waals surface area (Å²) in [6, 6.07) is -2.60. The van der Waals surface area contributed by atoms with Gasteiger partial charge in [-0.2, -0.15) is 0 Å². The minimum absolute atomic E-state index is 0.0790. The van der Waals surface area contributed by atoms with Gasteiger partial charge in [-0.15, -0.1) is 0 Å². The molecule has 1 aromatic heterocycles. The summed E-state index contributed by atoms with van der Waals surface area (Å²) in [5.74, 6) is -9.42. The molecule has 0 aliphatic carbocycles. The molecule has 5 rings (SSSR count). The molecule has 192 valence electrons. The Morgan fingerprint density at radius 2 is 1.83 bits per heavy atom. The van der Waals surface area contributed by atoms with Gasteiger partial charge in [0, 0.05) is 36.1 Å². The van der Waals surface area contributed by atoms with Crippen molar-refractivity contribution in [2.24, 2.45) is 0 Å². The van der Waals surface area contributed by atoms with Gasteiger partial charge in [-0.25, -0.2) is 40.1 Å². The number of aromatic nitrogens is 1. The number of carbonyl (C=O) groups excluding carboxylic acids is 1. The monoisotopic (exact) mass is 552 g/mol. The van der Waals surface area contributed by atoms with Gasteiger partial charge in [0.2, 0.25) is 0 Å². The predicted molar refractivity (Wildman–Crippen MR) is 118 cm³/mol. The highest BCUT2D eigenvalue weighted by molar-refractivity contribution is 7.83. The highest BCUT2D eigenvalue weighted by atomic mass is 35.5. The molecule has 0 saturated carbocycles. The third kappa shape index (κ3) is 3.65. The number of rotatable bonds is 5. The lowest BCUT2D eigenvalue weighted by atomic mass is 9.99. The fourth-order valence-corrected chi connectivity index (χ4v) is 5.40. The van der Waals surface area contributed by atoms with Crippen LogP contribution in [0.3, 0.4) is 0 Å². The van der Waals surface area contributed by atoms with E-state index < -0.39 is 98.7 Å². The molecule has 0 radical (unpaired) electrons. The number of nitrogens with zero attached hydrogens (tertiary/aromatic N) is 3. The fraction of sp³-hybridized carbons (Fsp3) is 0.333. The Hall–Kier alpha value is -2.84. The van der Waals surface area contributed by atoms with Crippen molar-refractivity contribution in [3.05, 3.63) is 46.5 Å². The number of nitrogens with one attached hydrogen (secondary N) is 1. The number of fused-ring (bicyclic) bond motifs is 2. The third-order valence-corrected chi connectivity index (χ3v) is 7.53. The van der Waals surface area contributed by atoms with E-state index in [4.69, 9.17) is 16.1 Å². The standard InChI is InChI=1S/C21H15ClF6N4O3S/c1-2-36(34)30-13-6-31-14(21(13,27)28)7-32(20(31)33)19-16-12(35-29-19)5-9(22)18(26)17(16)15-10(24)3-8(23)4-11(15)25/h3-5,13-14,30H,2,6-7H2,1H3/t13-,14-,36?/m1/s1. The largest absolute Gasteiger partial charge is 0.354 e. The zero-order valence-corrected chi connectivity index (χ0v) is 19.7. The topological polar surface area (TPSA) is 78.7 Å². The van der Waals surface area contributed by atoms with Gasteiger partial charge in [-0.1, -0.05) is 23.7 Å². The van der Waals surface area contributed by atoms with Crippen LogP contribution in [-0.4, -0.2) is 57.1 Å². The van der Waals surface area contributed by atoms with Crippen molar-refractivity contribution in [2.45, 2.75) is 24.9 Å². The number of anilines is 1. The molecule has 1 N–H and O–H groups in total. The first kappa shape index (κ1) is 24.8. The number of halogens is 7. The minimum Gasteiger partial charge on any atom is -0.354 e. The zero-order valence-electron chi connectivity index (χ0n) is 18.1. The Balaban J connectivity index is 1.62. The number of carbonyl (C=O) groups is 1. The van der Waals surface area contributed by atoms with Crippen LogP contribution in [0.2, 0.25) is 5.02 Å². The predicted octanol–water partition coefficient (Wildman–Crippen LogP) is 4.61. The maximum atomic E-state index is 15.2. The lowest BCUT2D eigenvalue weighted by Gasteiger charge is -2.23. The summed E-state index contributed by atoms with van der Waals surface area (Å²) in [6.45, 7) is 0.418. The minimum atomic E-state index is -3.50. The molecular weight excluding hydrogens is 538 g/mol. The van der Waals surface area contributed by atoms with Crippen LogP contribution in [0.4, 0.5) is 37.0 Å². The molecule has 15 heteroatoms. The van der Waals surface area contributed by atoms with Crippen LogP contribution in [0.5, 0.6) is 0 Å². The average molecular weight is 553 g/mol. The Morgan fingerprint density at radius 3 is 2.44 bits per heavy atom. The smallest absolute Gasteiger partial charge is 0.326 e. The van der Waals surface area contributed by atoms with Gasteiger partial charge < -0.3 is 9.42 Å². The van der Waals surface area contributed by atoms with E-state index in [1.165, 1.54) is 6.92 Å². The molecule has 2 fully saturated rings. The van der Waals surface area contributed by atoms with E-state index in [9.17, 15) is 22.2 Å². The van der Waals surface area contributed by atoms with E-state index in [1.54, 1.807) is 0 Å². The molecule has 2 aliphatic rings. The van der Waals surface area contributed by atoms with Crippen molar-refractivity contribution < 1.29 is 39.9 Å². The van der Waals surface area contributed by atoms with Gasteiger partial charge in [-0.05, 0) is 0 Å². The van der Waals surface area contributed by atoms with E-state index in [1.807, 2.05) is 0 Å². The first-order chi connectivity index (χ1) is 16.9. The SMILES string of the molecule is CCS(=O)N[C@@H]1CN2C(=O)N(c3noc4cc(Cl)c(F)c(-c5c(F)cc(F)cc5F)c34)C[C@@H]2C1(F)F. The zero-order chi connectivity index (χ0) is 26.1. The lowest BCUT2D eigenvalue weighted by Crippen LogP contribution is -2.49. The Morgan fingerprint density at radius 1 is 1.17 bits per heavy atom. The van der Waals surface area contributed by atoms with Crippen molar-refractivity contribution >= 4 is 45.4 Å². The number of alkyl halides is 2. The lowest BCUT2D eigenvalue weighted by molar-refractivity contribution is -0.0321. The second kappa shape index (κ2) is 8.63. The van der Waals surface area contributed by atoms with Gasteiger partial charge in [0.25, 0.3) is 5.92 Å². The summed E-state index contributed by atoms with van der Waals surface area (Å²) in [6.07, 6.45) is 0. The van der Waals surface area contributed by atoms with Crippen molar-refractivity contribution in [1.29, 1.82) is 0 Å². The Labute approximate surface area is 206 Å². The fourth-order valence-electron chi connectivity index (χ4n) is 4.49. The number of hydrogen-bond acceptors (Lipinski definition) is 4. The normalized spacial score (nSPS) is 22.1. The quantitative estimate of drug-likeness (QED) is 0.469. The molecule has 3 heterocycles. The second-order valence-electron chi connectivity index (χ2n) is 8.21. The summed E-state index contributed by atoms with van der Waals surface area (Å²) in [4.78, 5) is 14.7. The first-order valence-electron chi connectivity index (χ1n) is 10.5. The number of urea groups is 1. The van der Waals surface area contributed by atoms with Crippen LogP contribution in [-0.2, 0) is 11.0 Å². The summed E-state index contributed by atoms with van der Waals surface area (Å²) in [5, 5.41) is 2.65. The first-order valence-corrected chi connectivity index (χ1v) is 12.2. The van der Waals surface area contributed by atoms with Gasteiger partial charge in [-0.3, -0.25) is 4.90 Å². The van der Waals surface area contributed by atoms with Crippen molar-refractivity contribution in [3.63, 3.8) is 0 Å². The molecule has 7 nitrogen and oxygen atoms in total. The number of hydrogen-bond donors (Lipinski definition) is 1. The Bertz CT molecular complexity index is 1410. The average Bonchev–Trinajstić information content (AvgIpc) is 3.42. The molecule has 3 aromatic rings. The van der Waals surface area contributed by atoms with Gasteiger partial charge in [0.05, 0.1) is 33.5 Å². The van der Waals surface area contributed by atoms with Gasteiger partial charge >= 0.3 is 6.03 Å². The van der Waals surface area contributed by atoms with E-state index in [2.05, 4.69) is 9.88 Å². The summed E-state index contributed by atoms with van der Waals surface area (Å²) in [5.41, 5.74) is -2.11.